The Morgan fingerprint density at radius 2 is 1.83 bits per heavy atom. The topological polar surface area (TPSA) is 30.9 Å². The van der Waals surface area contributed by atoms with Crippen molar-refractivity contribution in [2.75, 3.05) is 5.73 Å². The number of rotatable bonds is 2. The molecule has 0 unspecified atom stereocenters. The molecule has 0 aliphatic carbocycles. The van der Waals surface area contributed by atoms with E-state index in [1.54, 1.807) is 6.07 Å². The molecule has 3 aromatic rings. The van der Waals surface area contributed by atoms with Gasteiger partial charge in [-0.25, -0.2) is 4.39 Å². The van der Waals surface area contributed by atoms with Crippen LogP contribution in [-0.2, 0) is 6.54 Å². The number of nitrogens with zero attached hydrogens (tertiary/aromatic N) is 1. The number of hydrogen-bond acceptors (Lipinski definition) is 1. The third-order valence-electron chi connectivity index (χ3n) is 3.09. The molecule has 0 bridgehead atoms. The van der Waals surface area contributed by atoms with Gasteiger partial charge < -0.3 is 10.3 Å². The van der Waals surface area contributed by atoms with Crippen LogP contribution in [0.1, 0.15) is 5.56 Å². The summed E-state index contributed by atoms with van der Waals surface area (Å²) in [6.45, 7) is 0.730. The van der Waals surface area contributed by atoms with Crippen molar-refractivity contribution in [3.05, 3.63) is 66.1 Å². The number of hydrogen-bond donors (Lipinski definition) is 1. The summed E-state index contributed by atoms with van der Waals surface area (Å²) in [5.41, 5.74) is 7.81. The molecule has 0 aliphatic rings. The molecule has 0 aliphatic heterocycles. The predicted molar refractivity (Wildman–Crippen MR) is 71.9 cm³/mol. The zero-order valence-corrected chi connectivity index (χ0v) is 9.81. The quantitative estimate of drug-likeness (QED) is 0.684. The van der Waals surface area contributed by atoms with E-state index in [9.17, 15) is 4.39 Å². The van der Waals surface area contributed by atoms with Crippen molar-refractivity contribution in [2.24, 2.45) is 0 Å². The third kappa shape index (κ3) is 1.84. The molecular weight excluding hydrogens is 227 g/mol. The molecule has 0 saturated carbocycles. The summed E-state index contributed by atoms with van der Waals surface area (Å²) in [6, 6.07) is 15.2. The van der Waals surface area contributed by atoms with Gasteiger partial charge in [0.25, 0.3) is 0 Å². The maximum absolute atomic E-state index is 13.5. The van der Waals surface area contributed by atoms with Crippen LogP contribution >= 0.6 is 0 Å². The van der Waals surface area contributed by atoms with E-state index >= 15 is 0 Å². The molecule has 2 nitrogen and oxygen atoms in total. The predicted octanol–water partition coefficient (Wildman–Crippen LogP) is 3.41. The molecule has 3 heteroatoms. The smallest absolute Gasteiger partial charge is 0.148 e. The van der Waals surface area contributed by atoms with Crippen molar-refractivity contribution in [3.8, 4) is 0 Å². The van der Waals surface area contributed by atoms with Crippen LogP contribution < -0.4 is 5.73 Å². The van der Waals surface area contributed by atoms with E-state index in [0.717, 1.165) is 17.4 Å². The molecule has 0 saturated heterocycles. The van der Waals surface area contributed by atoms with Crippen molar-refractivity contribution in [1.29, 1.82) is 0 Å². The summed E-state index contributed by atoms with van der Waals surface area (Å²) in [5.74, 6) is -0.365. The van der Waals surface area contributed by atoms with E-state index in [1.807, 2.05) is 35.0 Å². The van der Waals surface area contributed by atoms with E-state index in [4.69, 9.17) is 5.73 Å². The van der Waals surface area contributed by atoms with Crippen molar-refractivity contribution < 1.29 is 4.39 Å². The Hall–Kier alpha value is -2.29. The maximum atomic E-state index is 13.5. The second-order valence-electron chi connectivity index (χ2n) is 4.36. The van der Waals surface area contributed by atoms with Crippen LogP contribution in [-0.4, -0.2) is 4.57 Å². The average molecular weight is 240 g/mol. The fraction of sp³-hybridized carbons (Fsp3) is 0.0667. The molecule has 3 rings (SSSR count). The molecule has 0 spiro atoms. The molecule has 2 N–H and O–H groups in total. The Bertz CT molecular complexity index is 686. The molecule has 1 aromatic heterocycles. The minimum atomic E-state index is -0.365. The van der Waals surface area contributed by atoms with Gasteiger partial charge in [-0.15, -0.1) is 0 Å². The Kier molecular flexibility index (Phi) is 2.52. The van der Waals surface area contributed by atoms with E-state index in [2.05, 4.69) is 12.1 Å². The second-order valence-corrected chi connectivity index (χ2v) is 4.36. The van der Waals surface area contributed by atoms with Gasteiger partial charge in [0.1, 0.15) is 5.82 Å². The molecule has 2 aromatic carbocycles. The largest absolute Gasteiger partial charge is 0.396 e. The monoisotopic (exact) mass is 240 g/mol. The van der Waals surface area contributed by atoms with Crippen LogP contribution in [0.15, 0.2) is 54.7 Å². The maximum Gasteiger partial charge on any atom is 0.148 e. The lowest BCUT2D eigenvalue weighted by molar-refractivity contribution is 0.633. The van der Waals surface area contributed by atoms with Crippen molar-refractivity contribution in [2.45, 2.75) is 6.54 Å². The fourth-order valence-electron chi connectivity index (χ4n) is 2.15. The van der Waals surface area contributed by atoms with Crippen molar-refractivity contribution in [3.63, 3.8) is 0 Å². The van der Waals surface area contributed by atoms with E-state index in [1.165, 1.54) is 11.6 Å². The highest BCUT2D eigenvalue weighted by Gasteiger charge is 2.06. The molecule has 0 fully saturated rings. The van der Waals surface area contributed by atoms with Crippen LogP contribution in [0, 0.1) is 5.82 Å². The van der Waals surface area contributed by atoms with Gasteiger partial charge in [-0.2, -0.15) is 0 Å². The highest BCUT2D eigenvalue weighted by atomic mass is 19.1. The van der Waals surface area contributed by atoms with Crippen LogP contribution in [0.2, 0.25) is 0 Å². The molecule has 0 radical (unpaired) electrons. The fourth-order valence-corrected chi connectivity index (χ4v) is 2.15. The lowest BCUT2D eigenvalue weighted by Gasteiger charge is -2.06. The van der Waals surface area contributed by atoms with Crippen LogP contribution in [0.3, 0.4) is 0 Å². The molecule has 1 heterocycles. The Labute approximate surface area is 104 Å². The second kappa shape index (κ2) is 4.18. The minimum Gasteiger partial charge on any atom is -0.396 e. The summed E-state index contributed by atoms with van der Waals surface area (Å²) in [4.78, 5) is 0. The van der Waals surface area contributed by atoms with Gasteiger partial charge in [0.2, 0.25) is 0 Å². The highest BCUT2D eigenvalue weighted by molar-refractivity contribution is 5.83. The SMILES string of the molecule is Nc1cc2ccn(Cc3ccccc3)c2cc1F. The Balaban J connectivity index is 2.05. The summed E-state index contributed by atoms with van der Waals surface area (Å²) in [6.07, 6.45) is 1.95. The molecule has 18 heavy (non-hydrogen) atoms. The molecule has 90 valence electrons. The van der Waals surface area contributed by atoms with Gasteiger partial charge in [0.15, 0.2) is 0 Å². The number of aromatic nitrogens is 1. The Morgan fingerprint density at radius 1 is 1.06 bits per heavy atom. The number of nitrogen functional groups attached to an aromatic ring is 1. The normalized spacial score (nSPS) is 10.9. The molecule has 0 atom stereocenters. The van der Waals surface area contributed by atoms with Gasteiger partial charge in [-0.3, -0.25) is 0 Å². The van der Waals surface area contributed by atoms with E-state index in [0.29, 0.717) is 0 Å². The highest BCUT2D eigenvalue weighted by Crippen LogP contribution is 2.22. The Morgan fingerprint density at radius 3 is 2.61 bits per heavy atom. The van der Waals surface area contributed by atoms with Gasteiger partial charge >= 0.3 is 0 Å². The first-order chi connectivity index (χ1) is 8.74. The summed E-state index contributed by atoms with van der Waals surface area (Å²) in [7, 11) is 0. The lowest BCUT2D eigenvalue weighted by Crippen LogP contribution is -1.98. The van der Waals surface area contributed by atoms with Gasteiger partial charge in [-0.1, -0.05) is 30.3 Å². The minimum absolute atomic E-state index is 0.194. The van der Waals surface area contributed by atoms with Gasteiger partial charge in [0, 0.05) is 24.2 Å². The van der Waals surface area contributed by atoms with Crippen molar-refractivity contribution >= 4 is 16.6 Å². The average Bonchev–Trinajstić information content (AvgIpc) is 2.74. The summed E-state index contributed by atoms with van der Waals surface area (Å²) >= 11 is 0. The van der Waals surface area contributed by atoms with Gasteiger partial charge in [-0.05, 0) is 17.7 Å². The molecule has 0 amide bonds. The number of benzene rings is 2. The van der Waals surface area contributed by atoms with Crippen LogP contribution in [0.4, 0.5) is 10.1 Å². The molecular formula is C15H13FN2. The number of fused-ring (bicyclic) bond motifs is 1. The number of anilines is 1. The zero-order chi connectivity index (χ0) is 12.5. The first-order valence-corrected chi connectivity index (χ1v) is 5.82. The van der Waals surface area contributed by atoms with E-state index < -0.39 is 0 Å². The number of halogens is 1. The standard InChI is InChI=1S/C15H13FN2/c16-13-9-15-12(8-14(13)17)6-7-18(15)10-11-4-2-1-3-5-11/h1-9H,10,17H2. The van der Waals surface area contributed by atoms with Gasteiger partial charge in [0.05, 0.1) is 11.2 Å². The van der Waals surface area contributed by atoms with Crippen LogP contribution in [0.25, 0.3) is 10.9 Å². The first kappa shape index (κ1) is 10.8. The third-order valence-corrected chi connectivity index (χ3v) is 3.09. The summed E-state index contributed by atoms with van der Waals surface area (Å²) in [5, 5.41) is 0.963. The van der Waals surface area contributed by atoms with Crippen LogP contribution in [0.5, 0.6) is 0 Å². The van der Waals surface area contributed by atoms with Crippen molar-refractivity contribution in [1.82, 2.24) is 4.57 Å². The van der Waals surface area contributed by atoms with E-state index in [-0.39, 0.29) is 11.5 Å². The first-order valence-electron chi connectivity index (χ1n) is 5.82. The lowest BCUT2D eigenvalue weighted by atomic mass is 10.2. The number of nitrogens with two attached hydrogens (primary N) is 1. The summed E-state index contributed by atoms with van der Waals surface area (Å²) < 4.78 is 15.5. The zero-order valence-electron chi connectivity index (χ0n) is 9.81.